The van der Waals surface area contributed by atoms with Crippen LogP contribution in [0.1, 0.15) is 44.1 Å². The van der Waals surface area contributed by atoms with Gasteiger partial charge in [0.1, 0.15) is 23.1 Å². The summed E-state index contributed by atoms with van der Waals surface area (Å²) < 4.78 is 21.5. The third kappa shape index (κ3) is 6.32. The van der Waals surface area contributed by atoms with Crippen molar-refractivity contribution in [1.29, 1.82) is 0 Å². The quantitative estimate of drug-likeness (QED) is 0.353. The predicted octanol–water partition coefficient (Wildman–Crippen LogP) is 4.39. The van der Waals surface area contributed by atoms with Gasteiger partial charge in [-0.25, -0.2) is 24.1 Å². The number of hydrogen-bond donors (Lipinski definition) is 1. The molecule has 0 unspecified atom stereocenters. The fourth-order valence-electron chi connectivity index (χ4n) is 5.69. The molecule has 6 rings (SSSR count). The van der Waals surface area contributed by atoms with E-state index in [-0.39, 0.29) is 44.9 Å². The number of anilines is 1. The van der Waals surface area contributed by atoms with Crippen LogP contribution >= 0.6 is 27.0 Å². The molecule has 2 aliphatic heterocycles. The van der Waals surface area contributed by atoms with Gasteiger partial charge >= 0.3 is 6.09 Å². The lowest BCUT2D eigenvalue weighted by Crippen LogP contribution is -2.49. The van der Waals surface area contributed by atoms with Gasteiger partial charge in [-0.05, 0) is 51.3 Å². The second-order valence-corrected chi connectivity index (χ2v) is 11.7. The van der Waals surface area contributed by atoms with Gasteiger partial charge in [-0.1, -0.05) is 24.3 Å². The molecule has 2 bridgehead atoms. The summed E-state index contributed by atoms with van der Waals surface area (Å²) in [6.07, 6.45) is 3.50. The first-order valence-corrected chi connectivity index (χ1v) is 13.5. The summed E-state index contributed by atoms with van der Waals surface area (Å²) in [6.45, 7) is 10.3. The van der Waals surface area contributed by atoms with Crippen molar-refractivity contribution in [3.8, 4) is 11.4 Å². The van der Waals surface area contributed by atoms with Gasteiger partial charge < -0.3 is 19.9 Å². The van der Waals surface area contributed by atoms with Gasteiger partial charge in [0.2, 0.25) is 0 Å². The molecule has 0 radical (unpaired) electrons. The zero-order chi connectivity index (χ0) is 28.2. The molecule has 13 heteroatoms. The van der Waals surface area contributed by atoms with Crippen LogP contribution < -0.4 is 5.73 Å². The maximum atomic E-state index is 14.0. The van der Waals surface area contributed by atoms with E-state index in [0.717, 1.165) is 31.3 Å². The van der Waals surface area contributed by atoms with Crippen molar-refractivity contribution in [2.75, 3.05) is 18.8 Å². The van der Waals surface area contributed by atoms with Crippen molar-refractivity contribution in [3.05, 3.63) is 65.5 Å². The number of halogens is 1. The number of aryl methyl sites for hydroxylation is 1. The Hall–Kier alpha value is -3.42. The average molecular weight is 613 g/mol. The first-order valence-electron chi connectivity index (χ1n) is 13.5. The first kappa shape index (κ1) is 31.5. The van der Waals surface area contributed by atoms with E-state index in [1.54, 1.807) is 13.1 Å². The molecule has 0 spiro atoms. The Bertz CT molecular complexity index is 1590. The minimum Gasteiger partial charge on any atom is -0.444 e. The third-order valence-electron chi connectivity index (χ3n) is 7.43. The van der Waals surface area contributed by atoms with Crippen LogP contribution in [-0.2, 0) is 17.8 Å². The average Bonchev–Trinajstić information content (AvgIpc) is 3.58. The van der Waals surface area contributed by atoms with Crippen LogP contribution in [0.2, 0.25) is 0 Å². The SMILES string of the molecule is Cc1nc(N)c2nc(-c3cncc(F)c3)n(Cc3ccc(CN4C[C@@H]5C[C@H]4CN5C(=O)OC(C)(C)C)cc3)c2n1.S.S. The van der Waals surface area contributed by atoms with E-state index in [1.807, 2.05) is 30.2 Å². The number of piperazine rings is 1. The smallest absolute Gasteiger partial charge is 0.410 e. The number of nitrogens with zero attached hydrogens (tertiary/aromatic N) is 7. The molecule has 2 aliphatic rings. The van der Waals surface area contributed by atoms with Crippen molar-refractivity contribution >= 4 is 50.1 Å². The Morgan fingerprint density at radius 2 is 1.71 bits per heavy atom. The van der Waals surface area contributed by atoms with Gasteiger partial charge in [0.25, 0.3) is 0 Å². The molecule has 0 aliphatic carbocycles. The highest BCUT2D eigenvalue weighted by molar-refractivity contribution is 7.59. The number of aromatic nitrogens is 5. The molecule has 224 valence electrons. The monoisotopic (exact) mass is 612 g/mol. The topological polar surface area (TPSA) is 115 Å². The van der Waals surface area contributed by atoms with Gasteiger partial charge in [0.15, 0.2) is 17.0 Å². The summed E-state index contributed by atoms with van der Waals surface area (Å²) in [5.41, 5.74) is 9.53. The number of nitrogen functional groups attached to an aromatic ring is 1. The summed E-state index contributed by atoms with van der Waals surface area (Å²) in [5, 5.41) is 0. The number of rotatable bonds is 5. The number of carbonyl (C=O) groups is 1. The lowest BCUT2D eigenvalue weighted by molar-refractivity contribution is 0.0124. The third-order valence-corrected chi connectivity index (χ3v) is 7.43. The minimum absolute atomic E-state index is 0. The maximum Gasteiger partial charge on any atom is 0.410 e. The molecule has 1 amide bonds. The van der Waals surface area contributed by atoms with Crippen molar-refractivity contribution < 1.29 is 13.9 Å². The Balaban J connectivity index is 0.00000202. The van der Waals surface area contributed by atoms with Crippen molar-refractivity contribution in [2.45, 2.75) is 64.9 Å². The lowest BCUT2D eigenvalue weighted by Gasteiger charge is -2.35. The van der Waals surface area contributed by atoms with E-state index in [4.69, 9.17) is 10.5 Å². The molecule has 4 aromatic rings. The van der Waals surface area contributed by atoms with Gasteiger partial charge in [0.05, 0.1) is 12.7 Å². The number of hydrogen-bond acceptors (Lipinski definition) is 8. The van der Waals surface area contributed by atoms with Crippen LogP contribution in [0.3, 0.4) is 0 Å². The molecular formula is C29H37FN8O2S2. The number of likely N-dealkylation sites (tertiary alicyclic amines) is 2. The summed E-state index contributed by atoms with van der Waals surface area (Å²) in [4.78, 5) is 34.4. The normalized spacial score (nSPS) is 18.2. The van der Waals surface area contributed by atoms with Crippen LogP contribution in [0.25, 0.3) is 22.6 Å². The van der Waals surface area contributed by atoms with E-state index in [0.29, 0.717) is 47.5 Å². The fourth-order valence-corrected chi connectivity index (χ4v) is 5.69. The van der Waals surface area contributed by atoms with Crippen LogP contribution in [0.4, 0.5) is 15.0 Å². The number of amides is 1. The Morgan fingerprint density at radius 1 is 1.02 bits per heavy atom. The molecule has 2 fully saturated rings. The van der Waals surface area contributed by atoms with E-state index >= 15 is 0 Å². The summed E-state index contributed by atoms with van der Waals surface area (Å²) in [7, 11) is 0. The molecule has 10 nitrogen and oxygen atoms in total. The number of fused-ring (bicyclic) bond motifs is 3. The molecule has 2 atom stereocenters. The Labute approximate surface area is 258 Å². The number of nitrogens with two attached hydrogens (primary N) is 1. The molecule has 1 aromatic carbocycles. The van der Waals surface area contributed by atoms with Gasteiger partial charge in [-0.15, -0.1) is 0 Å². The predicted molar refractivity (Wildman–Crippen MR) is 170 cm³/mol. The molecule has 2 saturated heterocycles. The molecule has 42 heavy (non-hydrogen) atoms. The molecular weight excluding hydrogens is 576 g/mol. The Kier molecular flexibility index (Phi) is 9.05. The van der Waals surface area contributed by atoms with Gasteiger partial charge in [-0.2, -0.15) is 27.0 Å². The molecule has 2 N–H and O–H groups in total. The Morgan fingerprint density at radius 3 is 2.33 bits per heavy atom. The first-order chi connectivity index (χ1) is 19.0. The van der Waals surface area contributed by atoms with E-state index in [2.05, 4.69) is 49.1 Å². The van der Waals surface area contributed by atoms with E-state index in [9.17, 15) is 9.18 Å². The number of carbonyl (C=O) groups excluding carboxylic acids is 1. The summed E-state index contributed by atoms with van der Waals surface area (Å²) in [6, 6.07) is 10.4. The van der Waals surface area contributed by atoms with Crippen LogP contribution in [-0.4, -0.2) is 71.2 Å². The number of pyridine rings is 1. The van der Waals surface area contributed by atoms with E-state index in [1.165, 1.54) is 11.6 Å². The standard InChI is InChI=1S/C29H33FN8O2.2H2S/c1-17-33-25(31)24-27(34-17)38(26(35-24)20-9-21(30)12-32-11-20)14-19-7-5-18(6-8-19)13-36-15-23-10-22(36)16-37(23)28(39)40-29(2,3)4;;/h5-9,11-12,22-23H,10,13-16H2,1-4H3,(H2,31,33,34);2*1H2/t22-,23-;;/m0../s1. The zero-order valence-electron chi connectivity index (χ0n) is 24.1. The number of imidazole rings is 1. The van der Waals surface area contributed by atoms with Crippen molar-refractivity contribution in [2.24, 2.45) is 0 Å². The fraction of sp³-hybridized carbons (Fsp3) is 0.414. The molecule has 5 heterocycles. The molecule has 3 aromatic heterocycles. The maximum absolute atomic E-state index is 14.0. The lowest BCUT2D eigenvalue weighted by atomic mass is 10.1. The number of ether oxygens (including phenoxy) is 1. The second kappa shape index (κ2) is 12.1. The zero-order valence-corrected chi connectivity index (χ0v) is 26.1. The summed E-state index contributed by atoms with van der Waals surface area (Å²) >= 11 is 0. The van der Waals surface area contributed by atoms with Crippen LogP contribution in [0, 0.1) is 12.7 Å². The van der Waals surface area contributed by atoms with Crippen molar-refractivity contribution in [1.82, 2.24) is 34.3 Å². The van der Waals surface area contributed by atoms with Gasteiger partial charge in [0, 0.05) is 43.5 Å². The highest BCUT2D eigenvalue weighted by Crippen LogP contribution is 2.33. The highest BCUT2D eigenvalue weighted by Gasteiger charge is 2.46. The van der Waals surface area contributed by atoms with Crippen molar-refractivity contribution in [3.63, 3.8) is 0 Å². The van der Waals surface area contributed by atoms with Crippen LogP contribution in [0.5, 0.6) is 0 Å². The second-order valence-electron chi connectivity index (χ2n) is 11.7. The van der Waals surface area contributed by atoms with Gasteiger partial charge in [-0.3, -0.25) is 9.88 Å². The molecule has 0 saturated carbocycles. The van der Waals surface area contributed by atoms with E-state index < -0.39 is 11.4 Å². The largest absolute Gasteiger partial charge is 0.444 e. The van der Waals surface area contributed by atoms with Crippen LogP contribution in [0.15, 0.2) is 42.7 Å². The number of benzene rings is 1. The highest BCUT2D eigenvalue weighted by atomic mass is 32.1. The minimum atomic E-state index is -0.489. The summed E-state index contributed by atoms with van der Waals surface area (Å²) in [5.74, 6) is 0.906.